The van der Waals surface area contributed by atoms with Gasteiger partial charge >= 0.3 is 5.97 Å². The van der Waals surface area contributed by atoms with Crippen LogP contribution in [-0.2, 0) is 4.74 Å². The number of benzene rings is 2. The molecule has 0 saturated heterocycles. The largest absolute Gasteiger partial charge is 0.463 e. The second-order valence-electron chi connectivity index (χ2n) is 4.31. The Kier molecular flexibility index (Phi) is 2.87. The Labute approximate surface area is 115 Å². The van der Waals surface area contributed by atoms with Gasteiger partial charge in [0.1, 0.15) is 5.52 Å². The first-order valence-electron chi connectivity index (χ1n) is 6.06. The smallest absolute Gasteiger partial charge is 0.377 e. The van der Waals surface area contributed by atoms with Gasteiger partial charge in [-0.15, -0.1) is 0 Å². The van der Waals surface area contributed by atoms with E-state index in [0.29, 0.717) is 11.0 Å². The standard InChI is InChI=1S/C15H12N2O3/c1-20-15(18)14-16-12-8-7-11(9-13(12)17(14)19)10-5-3-2-4-6-10/h2-9,19H,1H3. The van der Waals surface area contributed by atoms with Crippen LogP contribution in [0.15, 0.2) is 48.5 Å². The van der Waals surface area contributed by atoms with Gasteiger partial charge in [-0.25, -0.2) is 9.78 Å². The lowest BCUT2D eigenvalue weighted by atomic mass is 10.1. The summed E-state index contributed by atoms with van der Waals surface area (Å²) in [5, 5.41) is 10.0. The van der Waals surface area contributed by atoms with Crippen LogP contribution in [0.5, 0.6) is 0 Å². The highest BCUT2D eigenvalue weighted by Crippen LogP contribution is 2.24. The molecule has 1 heterocycles. The fraction of sp³-hybridized carbons (Fsp3) is 0.0667. The van der Waals surface area contributed by atoms with Crippen molar-refractivity contribution in [3.63, 3.8) is 0 Å². The van der Waals surface area contributed by atoms with E-state index < -0.39 is 5.97 Å². The summed E-state index contributed by atoms with van der Waals surface area (Å²) in [7, 11) is 1.25. The number of esters is 1. The minimum absolute atomic E-state index is 0.132. The van der Waals surface area contributed by atoms with Gasteiger partial charge in [-0.3, -0.25) is 0 Å². The molecule has 0 aliphatic carbocycles. The lowest BCUT2D eigenvalue weighted by Crippen LogP contribution is -2.09. The van der Waals surface area contributed by atoms with Crippen LogP contribution in [0.25, 0.3) is 22.2 Å². The van der Waals surface area contributed by atoms with Gasteiger partial charge in [0, 0.05) is 0 Å². The maximum absolute atomic E-state index is 11.5. The van der Waals surface area contributed by atoms with Crippen LogP contribution in [0.2, 0.25) is 0 Å². The molecule has 5 nitrogen and oxygen atoms in total. The highest BCUT2D eigenvalue weighted by atomic mass is 16.5. The van der Waals surface area contributed by atoms with E-state index in [1.165, 1.54) is 7.11 Å². The first-order chi connectivity index (χ1) is 9.70. The summed E-state index contributed by atoms with van der Waals surface area (Å²) in [4.78, 5) is 15.5. The molecular weight excluding hydrogens is 256 g/mol. The summed E-state index contributed by atoms with van der Waals surface area (Å²) in [6, 6.07) is 15.2. The lowest BCUT2D eigenvalue weighted by molar-refractivity contribution is 0.0544. The Morgan fingerprint density at radius 1 is 1.15 bits per heavy atom. The van der Waals surface area contributed by atoms with Crippen LogP contribution in [0, 0.1) is 0 Å². The van der Waals surface area contributed by atoms with E-state index in [2.05, 4.69) is 9.72 Å². The predicted octanol–water partition coefficient (Wildman–Crippen LogP) is 2.73. The quantitative estimate of drug-likeness (QED) is 0.573. The van der Waals surface area contributed by atoms with E-state index in [1.54, 1.807) is 12.1 Å². The molecule has 5 heteroatoms. The SMILES string of the molecule is COC(=O)c1nc2ccc(-c3ccccc3)cc2n1O. The van der Waals surface area contributed by atoms with Crippen LogP contribution < -0.4 is 0 Å². The van der Waals surface area contributed by atoms with E-state index in [1.807, 2.05) is 36.4 Å². The summed E-state index contributed by atoms with van der Waals surface area (Å²) in [6.07, 6.45) is 0. The first-order valence-corrected chi connectivity index (χ1v) is 6.06. The zero-order valence-corrected chi connectivity index (χ0v) is 10.8. The van der Waals surface area contributed by atoms with Gasteiger partial charge < -0.3 is 9.94 Å². The number of fused-ring (bicyclic) bond motifs is 1. The van der Waals surface area contributed by atoms with Crippen molar-refractivity contribution in [3.8, 4) is 11.1 Å². The minimum Gasteiger partial charge on any atom is -0.463 e. The predicted molar refractivity (Wildman–Crippen MR) is 73.7 cm³/mol. The molecule has 100 valence electrons. The number of rotatable bonds is 2. The summed E-state index contributed by atoms with van der Waals surface area (Å²) in [6.45, 7) is 0. The highest BCUT2D eigenvalue weighted by molar-refractivity contribution is 5.92. The molecule has 1 N–H and O–H groups in total. The summed E-state index contributed by atoms with van der Waals surface area (Å²) >= 11 is 0. The number of carbonyl (C=O) groups is 1. The normalized spacial score (nSPS) is 10.7. The van der Waals surface area contributed by atoms with Gasteiger partial charge in [0.2, 0.25) is 0 Å². The number of ether oxygens (including phenoxy) is 1. The Bertz CT molecular complexity index is 778. The maximum atomic E-state index is 11.5. The first kappa shape index (κ1) is 12.2. The van der Waals surface area contributed by atoms with E-state index >= 15 is 0 Å². The number of carbonyl (C=O) groups excluding carboxylic acids is 1. The van der Waals surface area contributed by atoms with E-state index in [0.717, 1.165) is 15.9 Å². The number of hydrogen-bond acceptors (Lipinski definition) is 4. The molecule has 0 aliphatic rings. The summed E-state index contributed by atoms with van der Waals surface area (Å²) in [5.41, 5.74) is 2.96. The van der Waals surface area contributed by atoms with Gasteiger partial charge in [-0.05, 0) is 23.3 Å². The summed E-state index contributed by atoms with van der Waals surface area (Å²) in [5.74, 6) is -0.808. The van der Waals surface area contributed by atoms with Crippen LogP contribution in [0.4, 0.5) is 0 Å². The molecule has 20 heavy (non-hydrogen) atoms. The zero-order valence-electron chi connectivity index (χ0n) is 10.8. The van der Waals surface area contributed by atoms with Gasteiger partial charge in [-0.2, -0.15) is 4.73 Å². The molecule has 0 unspecified atom stereocenters. The number of methoxy groups -OCH3 is 1. The van der Waals surface area contributed by atoms with Crippen LogP contribution in [0.1, 0.15) is 10.6 Å². The zero-order chi connectivity index (χ0) is 14.1. The molecule has 3 aromatic rings. The third-order valence-electron chi connectivity index (χ3n) is 3.11. The average molecular weight is 268 g/mol. The molecule has 0 saturated carbocycles. The molecule has 0 spiro atoms. The third kappa shape index (κ3) is 1.89. The molecule has 0 aliphatic heterocycles. The van der Waals surface area contributed by atoms with E-state index in [-0.39, 0.29) is 5.82 Å². The minimum atomic E-state index is -0.676. The van der Waals surface area contributed by atoms with Crippen molar-refractivity contribution in [2.45, 2.75) is 0 Å². The average Bonchev–Trinajstić information content (AvgIpc) is 2.84. The molecule has 2 aromatic carbocycles. The number of imidazole rings is 1. The molecule has 0 atom stereocenters. The van der Waals surface area contributed by atoms with Crippen molar-refractivity contribution in [1.29, 1.82) is 0 Å². The van der Waals surface area contributed by atoms with Crippen molar-refractivity contribution >= 4 is 17.0 Å². The molecule has 1 aromatic heterocycles. The van der Waals surface area contributed by atoms with Crippen molar-refractivity contribution in [1.82, 2.24) is 9.71 Å². The Morgan fingerprint density at radius 3 is 2.60 bits per heavy atom. The lowest BCUT2D eigenvalue weighted by Gasteiger charge is -2.02. The van der Waals surface area contributed by atoms with Gasteiger partial charge in [0.05, 0.1) is 12.6 Å². The van der Waals surface area contributed by atoms with Gasteiger partial charge in [0.25, 0.3) is 5.82 Å². The monoisotopic (exact) mass is 268 g/mol. The Hall–Kier alpha value is -2.82. The van der Waals surface area contributed by atoms with Crippen LogP contribution in [0.3, 0.4) is 0 Å². The Balaban J connectivity index is 2.17. The maximum Gasteiger partial charge on any atom is 0.377 e. The van der Waals surface area contributed by atoms with Crippen molar-refractivity contribution in [2.75, 3.05) is 7.11 Å². The summed E-state index contributed by atoms with van der Waals surface area (Å²) < 4.78 is 5.34. The fourth-order valence-corrected chi connectivity index (χ4v) is 2.10. The third-order valence-corrected chi connectivity index (χ3v) is 3.11. The molecule has 0 amide bonds. The second-order valence-corrected chi connectivity index (χ2v) is 4.31. The number of hydrogen-bond donors (Lipinski definition) is 1. The van der Waals surface area contributed by atoms with Crippen molar-refractivity contribution in [3.05, 3.63) is 54.4 Å². The molecule has 0 bridgehead atoms. The Morgan fingerprint density at radius 2 is 1.90 bits per heavy atom. The van der Waals surface area contributed by atoms with Crippen molar-refractivity contribution < 1.29 is 14.7 Å². The highest BCUT2D eigenvalue weighted by Gasteiger charge is 2.18. The van der Waals surface area contributed by atoms with Gasteiger partial charge in [0.15, 0.2) is 0 Å². The molecule has 0 radical (unpaired) electrons. The molecule has 0 fully saturated rings. The van der Waals surface area contributed by atoms with Gasteiger partial charge in [-0.1, -0.05) is 36.4 Å². The van der Waals surface area contributed by atoms with E-state index in [9.17, 15) is 10.0 Å². The molecular formula is C15H12N2O3. The van der Waals surface area contributed by atoms with Crippen LogP contribution >= 0.6 is 0 Å². The topological polar surface area (TPSA) is 64.3 Å². The van der Waals surface area contributed by atoms with Crippen LogP contribution in [-0.4, -0.2) is 28.0 Å². The molecule has 3 rings (SSSR count). The number of aromatic nitrogens is 2. The second kappa shape index (κ2) is 4.70. The van der Waals surface area contributed by atoms with Crippen molar-refractivity contribution in [2.24, 2.45) is 0 Å². The number of nitrogens with zero attached hydrogens (tertiary/aromatic N) is 2. The van der Waals surface area contributed by atoms with E-state index in [4.69, 9.17) is 0 Å². The fourth-order valence-electron chi connectivity index (χ4n) is 2.10.